The maximum Gasteiger partial charge on any atom is 0.304 e. The van der Waals surface area contributed by atoms with Gasteiger partial charge in [-0.2, -0.15) is 0 Å². The van der Waals surface area contributed by atoms with Gasteiger partial charge in [0.25, 0.3) is 0 Å². The zero-order valence-corrected chi connectivity index (χ0v) is 10.2. The highest BCUT2D eigenvalue weighted by Gasteiger charge is 2.30. The second-order valence-corrected chi connectivity index (χ2v) is 4.65. The Hall–Kier alpha value is -1.78. The molecule has 0 unspecified atom stereocenters. The van der Waals surface area contributed by atoms with Crippen LogP contribution < -0.4 is 5.32 Å². The predicted molar refractivity (Wildman–Crippen MR) is 61.3 cm³/mol. The van der Waals surface area contributed by atoms with E-state index in [1.807, 2.05) is 13.0 Å². The number of carbonyl (C=O) groups excluding carboxylic acids is 1. The van der Waals surface area contributed by atoms with Gasteiger partial charge >= 0.3 is 5.97 Å². The Bertz CT molecular complexity index is 420. The summed E-state index contributed by atoms with van der Waals surface area (Å²) in [4.78, 5) is 22.4. The quantitative estimate of drug-likeness (QED) is 0.819. The Balaban J connectivity index is 2.51. The number of furan rings is 1. The lowest BCUT2D eigenvalue weighted by Crippen LogP contribution is -2.37. The van der Waals surface area contributed by atoms with E-state index in [0.717, 1.165) is 5.76 Å². The SMILES string of the molecule is Cc1ccc(CNC(=O)C(C)(C)CC(=O)O)o1. The lowest BCUT2D eigenvalue weighted by molar-refractivity contribution is -0.144. The Kier molecular flexibility index (Phi) is 3.93. The minimum Gasteiger partial charge on any atom is -0.481 e. The van der Waals surface area contributed by atoms with Gasteiger partial charge in [0.15, 0.2) is 0 Å². The molecule has 0 aliphatic heterocycles. The number of carbonyl (C=O) groups is 2. The molecule has 0 bridgehead atoms. The molecule has 0 aliphatic rings. The summed E-state index contributed by atoms with van der Waals surface area (Å²) in [5.74, 6) is 0.147. The molecule has 0 saturated heterocycles. The van der Waals surface area contributed by atoms with Gasteiger partial charge in [-0.05, 0) is 19.1 Å². The zero-order chi connectivity index (χ0) is 13.1. The smallest absolute Gasteiger partial charge is 0.304 e. The summed E-state index contributed by atoms with van der Waals surface area (Å²) in [6.45, 7) is 5.29. The standard InChI is InChI=1S/C12H17NO4/c1-8-4-5-9(17-8)7-13-11(16)12(2,3)6-10(14)15/h4-5H,6-7H2,1-3H3,(H,13,16)(H,14,15). The maximum absolute atomic E-state index is 11.8. The molecule has 0 aromatic carbocycles. The number of amides is 1. The molecule has 1 heterocycles. The molecule has 0 spiro atoms. The average molecular weight is 239 g/mol. The van der Waals surface area contributed by atoms with Crippen LogP contribution in [0.5, 0.6) is 0 Å². The van der Waals surface area contributed by atoms with E-state index in [1.54, 1.807) is 19.9 Å². The summed E-state index contributed by atoms with van der Waals surface area (Å²) < 4.78 is 5.30. The second kappa shape index (κ2) is 5.03. The average Bonchev–Trinajstić information content (AvgIpc) is 2.58. The minimum absolute atomic E-state index is 0.198. The van der Waals surface area contributed by atoms with Gasteiger partial charge in [0.05, 0.1) is 18.4 Å². The van der Waals surface area contributed by atoms with Crippen molar-refractivity contribution in [1.82, 2.24) is 5.32 Å². The van der Waals surface area contributed by atoms with E-state index in [-0.39, 0.29) is 18.9 Å². The van der Waals surface area contributed by atoms with Crippen molar-refractivity contribution in [1.29, 1.82) is 0 Å². The number of hydrogen-bond acceptors (Lipinski definition) is 3. The van der Waals surface area contributed by atoms with Crippen molar-refractivity contribution in [2.45, 2.75) is 33.7 Å². The molecule has 17 heavy (non-hydrogen) atoms. The van der Waals surface area contributed by atoms with Crippen molar-refractivity contribution in [2.24, 2.45) is 5.41 Å². The summed E-state index contributed by atoms with van der Waals surface area (Å²) in [5.41, 5.74) is -0.923. The third kappa shape index (κ3) is 3.94. The number of aryl methyl sites for hydroxylation is 1. The fourth-order valence-electron chi connectivity index (χ4n) is 1.45. The van der Waals surface area contributed by atoms with E-state index in [4.69, 9.17) is 9.52 Å². The van der Waals surface area contributed by atoms with Crippen molar-refractivity contribution in [3.63, 3.8) is 0 Å². The van der Waals surface area contributed by atoms with Gasteiger partial charge in [0.2, 0.25) is 5.91 Å². The maximum atomic E-state index is 11.8. The molecule has 1 aromatic heterocycles. The third-order valence-electron chi connectivity index (χ3n) is 2.43. The van der Waals surface area contributed by atoms with E-state index < -0.39 is 11.4 Å². The lowest BCUT2D eigenvalue weighted by atomic mass is 9.88. The van der Waals surface area contributed by atoms with Gasteiger partial charge < -0.3 is 14.8 Å². The number of hydrogen-bond donors (Lipinski definition) is 2. The highest BCUT2D eigenvalue weighted by molar-refractivity contribution is 5.86. The molecule has 1 aromatic rings. The van der Waals surface area contributed by atoms with E-state index >= 15 is 0 Å². The number of nitrogens with one attached hydrogen (secondary N) is 1. The molecular weight excluding hydrogens is 222 g/mol. The molecule has 0 atom stereocenters. The topological polar surface area (TPSA) is 79.5 Å². The van der Waals surface area contributed by atoms with Gasteiger partial charge in [0, 0.05) is 0 Å². The minimum atomic E-state index is -0.987. The van der Waals surface area contributed by atoms with Gasteiger partial charge in [-0.15, -0.1) is 0 Å². The summed E-state index contributed by atoms with van der Waals surface area (Å²) >= 11 is 0. The molecule has 1 rings (SSSR count). The van der Waals surface area contributed by atoms with Crippen LogP contribution in [0.2, 0.25) is 0 Å². The Labute approximate surface area is 99.8 Å². The Morgan fingerprint density at radius 2 is 2.06 bits per heavy atom. The summed E-state index contributed by atoms with van der Waals surface area (Å²) in [5, 5.41) is 11.3. The summed E-state index contributed by atoms with van der Waals surface area (Å²) in [7, 11) is 0. The molecule has 1 amide bonds. The van der Waals surface area contributed by atoms with Crippen LogP contribution in [0.25, 0.3) is 0 Å². The number of rotatable bonds is 5. The molecule has 0 radical (unpaired) electrons. The van der Waals surface area contributed by atoms with Gasteiger partial charge in [-0.1, -0.05) is 13.8 Å². The molecule has 0 saturated carbocycles. The number of aliphatic carboxylic acids is 1. The molecular formula is C12H17NO4. The van der Waals surface area contributed by atoms with Crippen LogP contribution in [-0.4, -0.2) is 17.0 Å². The molecule has 5 nitrogen and oxygen atoms in total. The van der Waals surface area contributed by atoms with E-state index in [1.165, 1.54) is 0 Å². The first-order valence-electron chi connectivity index (χ1n) is 5.37. The molecule has 94 valence electrons. The molecule has 2 N–H and O–H groups in total. The Morgan fingerprint density at radius 1 is 1.41 bits per heavy atom. The van der Waals surface area contributed by atoms with Gasteiger partial charge in [-0.3, -0.25) is 9.59 Å². The Morgan fingerprint density at radius 3 is 2.53 bits per heavy atom. The second-order valence-electron chi connectivity index (χ2n) is 4.65. The van der Waals surface area contributed by atoms with Crippen LogP contribution in [0.1, 0.15) is 31.8 Å². The van der Waals surface area contributed by atoms with Crippen LogP contribution >= 0.6 is 0 Å². The van der Waals surface area contributed by atoms with Crippen molar-refractivity contribution < 1.29 is 19.1 Å². The van der Waals surface area contributed by atoms with Crippen LogP contribution in [0.3, 0.4) is 0 Å². The normalized spacial score (nSPS) is 11.2. The molecule has 5 heteroatoms. The van der Waals surface area contributed by atoms with Crippen LogP contribution in [0.15, 0.2) is 16.5 Å². The summed E-state index contributed by atoms with van der Waals surface area (Å²) in [6, 6.07) is 3.59. The first-order chi connectivity index (χ1) is 7.81. The largest absolute Gasteiger partial charge is 0.481 e. The van der Waals surface area contributed by atoms with Crippen LogP contribution in [-0.2, 0) is 16.1 Å². The number of carboxylic acids is 1. The predicted octanol–water partition coefficient (Wildman–Crippen LogP) is 1.71. The first kappa shape index (κ1) is 13.3. The highest BCUT2D eigenvalue weighted by Crippen LogP contribution is 2.20. The third-order valence-corrected chi connectivity index (χ3v) is 2.43. The lowest BCUT2D eigenvalue weighted by Gasteiger charge is -2.20. The summed E-state index contributed by atoms with van der Waals surface area (Å²) in [6.07, 6.45) is -0.198. The highest BCUT2D eigenvalue weighted by atomic mass is 16.4. The monoisotopic (exact) mass is 239 g/mol. The van der Waals surface area contributed by atoms with Gasteiger partial charge in [0.1, 0.15) is 11.5 Å². The van der Waals surface area contributed by atoms with E-state index in [2.05, 4.69) is 5.32 Å². The van der Waals surface area contributed by atoms with Crippen molar-refractivity contribution in [3.8, 4) is 0 Å². The van der Waals surface area contributed by atoms with Crippen molar-refractivity contribution in [2.75, 3.05) is 0 Å². The number of carboxylic acid groups (broad SMARTS) is 1. The first-order valence-corrected chi connectivity index (χ1v) is 5.37. The van der Waals surface area contributed by atoms with Crippen LogP contribution in [0.4, 0.5) is 0 Å². The zero-order valence-electron chi connectivity index (χ0n) is 10.2. The van der Waals surface area contributed by atoms with Crippen molar-refractivity contribution in [3.05, 3.63) is 23.7 Å². The fourth-order valence-corrected chi connectivity index (χ4v) is 1.45. The van der Waals surface area contributed by atoms with E-state index in [9.17, 15) is 9.59 Å². The van der Waals surface area contributed by atoms with E-state index in [0.29, 0.717) is 5.76 Å². The van der Waals surface area contributed by atoms with Crippen LogP contribution in [0, 0.1) is 12.3 Å². The molecule has 0 fully saturated rings. The van der Waals surface area contributed by atoms with Crippen molar-refractivity contribution >= 4 is 11.9 Å². The van der Waals surface area contributed by atoms with Gasteiger partial charge in [-0.25, -0.2) is 0 Å². The fraction of sp³-hybridized carbons (Fsp3) is 0.500. The molecule has 0 aliphatic carbocycles.